The van der Waals surface area contributed by atoms with Crippen molar-refractivity contribution in [3.05, 3.63) is 77.4 Å². The van der Waals surface area contributed by atoms with Crippen LogP contribution in [0.2, 0.25) is 0 Å². The first-order valence-corrected chi connectivity index (χ1v) is 9.95. The molecule has 1 aliphatic heterocycles. The second-order valence-corrected chi connectivity index (χ2v) is 7.26. The minimum absolute atomic E-state index is 0.179. The van der Waals surface area contributed by atoms with Crippen molar-refractivity contribution in [2.24, 2.45) is 0 Å². The van der Waals surface area contributed by atoms with Crippen LogP contribution in [0.3, 0.4) is 0 Å². The molecule has 0 saturated carbocycles. The van der Waals surface area contributed by atoms with E-state index in [1.807, 2.05) is 6.07 Å². The molecule has 1 unspecified atom stereocenters. The van der Waals surface area contributed by atoms with Gasteiger partial charge >= 0.3 is 0 Å². The Labute approximate surface area is 175 Å². The fourth-order valence-corrected chi connectivity index (χ4v) is 3.78. The van der Waals surface area contributed by atoms with Crippen LogP contribution in [-0.4, -0.2) is 30.0 Å². The molecule has 2 aromatic heterocycles. The number of furan rings is 1. The van der Waals surface area contributed by atoms with E-state index >= 15 is 0 Å². The lowest BCUT2D eigenvalue weighted by Gasteiger charge is -2.24. The van der Waals surface area contributed by atoms with Gasteiger partial charge in [-0.1, -0.05) is 18.2 Å². The van der Waals surface area contributed by atoms with E-state index in [1.165, 1.54) is 11.3 Å². The smallest absolute Gasteiger partial charge is 0.254 e. The van der Waals surface area contributed by atoms with Gasteiger partial charge in [0.1, 0.15) is 17.6 Å². The van der Waals surface area contributed by atoms with E-state index in [2.05, 4.69) is 51.7 Å². The maximum atomic E-state index is 12.7. The summed E-state index contributed by atoms with van der Waals surface area (Å²) in [4.78, 5) is 19.1. The number of amides is 1. The van der Waals surface area contributed by atoms with E-state index in [0.717, 1.165) is 6.42 Å². The van der Waals surface area contributed by atoms with Crippen LogP contribution in [0.4, 0.5) is 11.5 Å². The average Bonchev–Trinajstić information content (AvgIpc) is 3.36. The van der Waals surface area contributed by atoms with Crippen LogP contribution in [0.5, 0.6) is 0 Å². The number of rotatable bonds is 7. The monoisotopic (exact) mass is 401 g/mol. The predicted molar refractivity (Wildman–Crippen MR) is 114 cm³/mol. The number of benzene rings is 1. The average molecular weight is 401 g/mol. The highest BCUT2D eigenvalue weighted by Gasteiger charge is 2.27. The van der Waals surface area contributed by atoms with Crippen molar-refractivity contribution in [3.63, 3.8) is 0 Å². The van der Waals surface area contributed by atoms with Crippen LogP contribution in [0, 0.1) is 11.3 Å². The number of carbonyl (C=O) groups excluding carboxylic acids is 1. The van der Waals surface area contributed by atoms with Crippen LogP contribution >= 0.6 is 0 Å². The van der Waals surface area contributed by atoms with Crippen LogP contribution in [0.15, 0.2) is 59.3 Å². The van der Waals surface area contributed by atoms with Gasteiger partial charge in [-0.05, 0) is 43.2 Å². The lowest BCUT2D eigenvalue weighted by molar-refractivity contribution is 0.0953. The Bertz CT molecular complexity index is 1080. The second-order valence-electron chi connectivity index (χ2n) is 7.26. The summed E-state index contributed by atoms with van der Waals surface area (Å²) in [6.07, 6.45) is 4.17. The van der Waals surface area contributed by atoms with Crippen LogP contribution in [-0.2, 0) is 13.0 Å². The number of aromatic nitrogens is 1. The Morgan fingerprint density at radius 3 is 3.00 bits per heavy atom. The molecule has 2 N–H and O–H groups in total. The third kappa shape index (κ3) is 3.98. The molecule has 1 aliphatic rings. The molecule has 3 aromatic rings. The van der Waals surface area contributed by atoms with E-state index in [1.54, 1.807) is 30.7 Å². The molecule has 1 atom stereocenters. The van der Waals surface area contributed by atoms with Gasteiger partial charge in [-0.3, -0.25) is 4.79 Å². The molecule has 1 amide bonds. The molecule has 7 nitrogen and oxygen atoms in total. The number of fused-ring (bicyclic) bond motifs is 1. The zero-order valence-corrected chi connectivity index (χ0v) is 16.8. The Balaban J connectivity index is 1.35. The maximum absolute atomic E-state index is 12.7. The van der Waals surface area contributed by atoms with E-state index in [4.69, 9.17) is 9.68 Å². The molecule has 0 radical (unpaired) electrons. The van der Waals surface area contributed by atoms with Crippen molar-refractivity contribution in [2.45, 2.75) is 25.9 Å². The zero-order valence-electron chi connectivity index (χ0n) is 16.8. The minimum atomic E-state index is -0.179. The Morgan fingerprint density at radius 2 is 2.13 bits per heavy atom. The third-order valence-corrected chi connectivity index (χ3v) is 5.28. The minimum Gasteiger partial charge on any atom is -0.467 e. The number of pyridine rings is 1. The molecule has 7 heteroatoms. The van der Waals surface area contributed by atoms with Crippen molar-refractivity contribution < 1.29 is 9.21 Å². The van der Waals surface area contributed by atoms with E-state index in [0.29, 0.717) is 48.4 Å². The van der Waals surface area contributed by atoms with Gasteiger partial charge in [0.2, 0.25) is 0 Å². The van der Waals surface area contributed by atoms with Gasteiger partial charge in [-0.25, -0.2) is 4.98 Å². The molecule has 1 aromatic carbocycles. The Kier molecular flexibility index (Phi) is 5.66. The Morgan fingerprint density at radius 1 is 1.27 bits per heavy atom. The van der Waals surface area contributed by atoms with Crippen molar-refractivity contribution in [1.82, 2.24) is 10.3 Å². The molecule has 0 fully saturated rings. The predicted octanol–water partition coefficient (Wildman–Crippen LogP) is 3.34. The quantitative estimate of drug-likeness (QED) is 0.590. The summed E-state index contributed by atoms with van der Waals surface area (Å²) in [7, 11) is 0. The van der Waals surface area contributed by atoms with Crippen LogP contribution < -0.4 is 15.5 Å². The van der Waals surface area contributed by atoms with E-state index in [-0.39, 0.29) is 5.91 Å². The number of para-hydroxylation sites is 1. The van der Waals surface area contributed by atoms with Gasteiger partial charge in [0.05, 0.1) is 23.9 Å². The number of hydrogen-bond acceptors (Lipinski definition) is 6. The number of nitrogens with one attached hydrogen (secondary N) is 2. The highest BCUT2D eigenvalue weighted by Crippen LogP contribution is 2.33. The first-order valence-electron chi connectivity index (χ1n) is 9.95. The van der Waals surface area contributed by atoms with Gasteiger partial charge in [-0.2, -0.15) is 5.26 Å². The van der Waals surface area contributed by atoms with Gasteiger partial charge in [0, 0.05) is 31.0 Å². The topological polar surface area (TPSA) is 94.2 Å². The molecule has 0 bridgehead atoms. The number of nitriles is 1. The number of anilines is 2. The second kappa shape index (κ2) is 8.70. The molecule has 30 heavy (non-hydrogen) atoms. The van der Waals surface area contributed by atoms with Gasteiger partial charge in [0.25, 0.3) is 5.91 Å². The third-order valence-electron chi connectivity index (χ3n) is 5.28. The van der Waals surface area contributed by atoms with Crippen molar-refractivity contribution in [1.29, 1.82) is 5.26 Å². The molecule has 4 rings (SSSR count). The van der Waals surface area contributed by atoms with Gasteiger partial charge < -0.3 is 20.0 Å². The molecular weight excluding hydrogens is 378 g/mol. The standard InChI is InChI=1S/C23H23N5O2/c1-16-13-17-5-2-3-7-20(17)28(16)15-21-19(8-12-30-21)23(29)27-11-10-26-22-18(14-24)6-4-9-25-22/h2-9,12,16H,10-11,13,15H2,1H3,(H,25,26)(H,27,29). The highest BCUT2D eigenvalue weighted by molar-refractivity contribution is 5.95. The Hall–Kier alpha value is -3.79. The van der Waals surface area contributed by atoms with Crippen molar-refractivity contribution >= 4 is 17.4 Å². The lowest BCUT2D eigenvalue weighted by atomic mass is 10.1. The maximum Gasteiger partial charge on any atom is 0.254 e. The van der Waals surface area contributed by atoms with Gasteiger partial charge in [-0.15, -0.1) is 0 Å². The largest absolute Gasteiger partial charge is 0.467 e. The highest BCUT2D eigenvalue weighted by atomic mass is 16.3. The van der Waals surface area contributed by atoms with Crippen LogP contribution in [0.25, 0.3) is 0 Å². The molecule has 0 saturated heterocycles. The molecule has 152 valence electrons. The fourth-order valence-electron chi connectivity index (χ4n) is 3.78. The summed E-state index contributed by atoms with van der Waals surface area (Å²) in [5.41, 5.74) is 3.53. The van der Waals surface area contributed by atoms with Gasteiger partial charge in [0.15, 0.2) is 0 Å². The summed E-state index contributed by atoms with van der Waals surface area (Å²) in [6, 6.07) is 15.9. The number of hydrogen-bond donors (Lipinski definition) is 2. The first kappa shape index (κ1) is 19.5. The van der Waals surface area contributed by atoms with E-state index in [9.17, 15) is 4.79 Å². The number of carbonyl (C=O) groups is 1. The normalized spacial score (nSPS) is 14.8. The summed E-state index contributed by atoms with van der Waals surface area (Å²) < 4.78 is 5.65. The number of nitrogens with zero attached hydrogens (tertiary/aromatic N) is 3. The first-order chi connectivity index (χ1) is 14.7. The summed E-state index contributed by atoms with van der Waals surface area (Å²) >= 11 is 0. The summed E-state index contributed by atoms with van der Waals surface area (Å²) in [5.74, 6) is 0.989. The van der Waals surface area contributed by atoms with Crippen LogP contribution in [0.1, 0.15) is 34.2 Å². The van der Waals surface area contributed by atoms with Crippen molar-refractivity contribution in [2.75, 3.05) is 23.3 Å². The SMILES string of the molecule is CC1Cc2ccccc2N1Cc1occc1C(=O)NCCNc1ncccc1C#N. The van der Waals surface area contributed by atoms with Crippen molar-refractivity contribution in [3.8, 4) is 6.07 Å². The fraction of sp³-hybridized carbons (Fsp3) is 0.261. The summed E-state index contributed by atoms with van der Waals surface area (Å²) in [6.45, 7) is 3.59. The van der Waals surface area contributed by atoms with E-state index < -0.39 is 0 Å². The zero-order chi connectivity index (χ0) is 20.9. The summed E-state index contributed by atoms with van der Waals surface area (Å²) in [5, 5.41) is 15.1. The molecule has 3 heterocycles. The lowest BCUT2D eigenvalue weighted by Crippen LogP contribution is -2.32. The molecule has 0 aliphatic carbocycles. The molecular formula is C23H23N5O2. The molecule has 0 spiro atoms.